The molecule has 0 unspecified atom stereocenters. The fourth-order valence-corrected chi connectivity index (χ4v) is 4.26. The molecule has 0 bridgehead atoms. The summed E-state index contributed by atoms with van der Waals surface area (Å²) < 4.78 is 44.9. The zero-order valence-corrected chi connectivity index (χ0v) is 20.5. The molecule has 1 amide bonds. The van der Waals surface area contributed by atoms with E-state index in [0.717, 1.165) is 50.9 Å². The zero-order valence-electron chi connectivity index (χ0n) is 19.7. The maximum atomic E-state index is 13.0. The third-order valence-corrected chi connectivity index (χ3v) is 6.38. The SMILES string of the molecule is CN1CCN(CCCOc2ccc(-c3ncc(C(F)(F)F)[nH]3)cc2NC(=O)C#Cc2ccsc2)CC1. The molecular formula is C25H26F3N5O2S. The number of anilines is 1. The Morgan fingerprint density at radius 3 is 2.75 bits per heavy atom. The third-order valence-electron chi connectivity index (χ3n) is 5.70. The van der Waals surface area contributed by atoms with Crippen molar-refractivity contribution in [1.29, 1.82) is 0 Å². The lowest BCUT2D eigenvalue weighted by molar-refractivity contribution is -0.140. The molecule has 3 aromatic rings. The van der Waals surface area contributed by atoms with Crippen molar-refractivity contribution in [2.24, 2.45) is 0 Å². The van der Waals surface area contributed by atoms with E-state index in [-0.39, 0.29) is 5.82 Å². The number of benzene rings is 1. The fraction of sp³-hybridized carbons (Fsp3) is 0.360. The van der Waals surface area contributed by atoms with Gasteiger partial charge in [-0.25, -0.2) is 4.98 Å². The lowest BCUT2D eigenvalue weighted by Crippen LogP contribution is -2.44. The van der Waals surface area contributed by atoms with Crippen LogP contribution < -0.4 is 10.1 Å². The number of thiophene rings is 1. The second-order valence-electron chi connectivity index (χ2n) is 8.42. The molecule has 1 saturated heterocycles. The van der Waals surface area contributed by atoms with Gasteiger partial charge in [-0.2, -0.15) is 24.5 Å². The number of piperazine rings is 1. The number of hydrogen-bond donors (Lipinski definition) is 2. The second kappa shape index (κ2) is 11.6. The van der Waals surface area contributed by atoms with Crippen LogP contribution >= 0.6 is 11.3 Å². The molecule has 1 aromatic carbocycles. The molecule has 0 atom stereocenters. The normalized spacial score (nSPS) is 14.8. The summed E-state index contributed by atoms with van der Waals surface area (Å²) >= 11 is 1.47. The summed E-state index contributed by atoms with van der Waals surface area (Å²) in [5.74, 6) is 5.18. The number of nitrogens with one attached hydrogen (secondary N) is 2. The lowest BCUT2D eigenvalue weighted by Gasteiger charge is -2.32. The van der Waals surface area contributed by atoms with E-state index in [2.05, 4.69) is 44.0 Å². The molecule has 11 heteroatoms. The first kappa shape index (κ1) is 25.8. The molecule has 0 aliphatic carbocycles. The van der Waals surface area contributed by atoms with Gasteiger partial charge in [0.2, 0.25) is 0 Å². The molecule has 1 aliphatic heterocycles. The van der Waals surface area contributed by atoms with Crippen molar-refractivity contribution in [3.63, 3.8) is 0 Å². The molecule has 7 nitrogen and oxygen atoms in total. The van der Waals surface area contributed by atoms with Gasteiger partial charge in [-0.15, -0.1) is 0 Å². The van der Waals surface area contributed by atoms with E-state index in [1.165, 1.54) is 17.4 Å². The number of aromatic nitrogens is 2. The Morgan fingerprint density at radius 2 is 2.06 bits per heavy atom. The van der Waals surface area contributed by atoms with E-state index in [1.807, 2.05) is 10.8 Å². The van der Waals surface area contributed by atoms with Crippen molar-refractivity contribution < 1.29 is 22.7 Å². The number of amides is 1. The van der Waals surface area contributed by atoms with Crippen molar-refractivity contribution in [1.82, 2.24) is 19.8 Å². The van der Waals surface area contributed by atoms with Crippen molar-refractivity contribution in [3.05, 3.63) is 52.5 Å². The van der Waals surface area contributed by atoms with E-state index in [9.17, 15) is 18.0 Å². The number of H-pyrrole nitrogens is 1. The van der Waals surface area contributed by atoms with Gasteiger partial charge in [0.1, 0.15) is 17.3 Å². The highest BCUT2D eigenvalue weighted by molar-refractivity contribution is 7.08. The number of carbonyl (C=O) groups is 1. The Balaban J connectivity index is 1.46. The Kier molecular flexibility index (Phi) is 8.30. The first-order valence-corrected chi connectivity index (χ1v) is 12.4. The van der Waals surface area contributed by atoms with Gasteiger partial charge in [0, 0.05) is 55.2 Å². The van der Waals surface area contributed by atoms with Gasteiger partial charge in [0.25, 0.3) is 0 Å². The molecule has 2 aromatic heterocycles. The highest BCUT2D eigenvalue weighted by Crippen LogP contribution is 2.33. The number of likely N-dealkylation sites (N-methyl/N-ethyl adjacent to an activating group) is 1. The largest absolute Gasteiger partial charge is 0.491 e. The number of hydrogen-bond acceptors (Lipinski definition) is 6. The van der Waals surface area contributed by atoms with Crippen LogP contribution in [0.4, 0.5) is 18.9 Å². The van der Waals surface area contributed by atoms with Crippen LogP contribution in [0.1, 0.15) is 17.7 Å². The maximum absolute atomic E-state index is 13.0. The number of nitrogens with zero attached hydrogens (tertiary/aromatic N) is 3. The molecule has 1 aliphatic rings. The van der Waals surface area contributed by atoms with Gasteiger partial charge in [0.05, 0.1) is 18.5 Å². The summed E-state index contributed by atoms with van der Waals surface area (Å²) in [6, 6.07) is 6.54. The minimum Gasteiger partial charge on any atom is -0.491 e. The van der Waals surface area contributed by atoms with Crippen LogP contribution in [-0.4, -0.2) is 72.1 Å². The highest BCUT2D eigenvalue weighted by atomic mass is 32.1. The highest BCUT2D eigenvalue weighted by Gasteiger charge is 2.33. The number of imidazole rings is 1. The minimum absolute atomic E-state index is 0.0313. The minimum atomic E-state index is -4.54. The average molecular weight is 518 g/mol. The topological polar surface area (TPSA) is 73.5 Å². The molecule has 1 fully saturated rings. The second-order valence-corrected chi connectivity index (χ2v) is 9.20. The van der Waals surface area contributed by atoms with Gasteiger partial charge < -0.3 is 24.8 Å². The predicted molar refractivity (Wildman–Crippen MR) is 133 cm³/mol. The maximum Gasteiger partial charge on any atom is 0.432 e. The van der Waals surface area contributed by atoms with Crippen molar-refractivity contribution in [2.45, 2.75) is 12.6 Å². The molecular weight excluding hydrogens is 491 g/mol. The Hall–Kier alpha value is -3.33. The Morgan fingerprint density at radius 1 is 1.25 bits per heavy atom. The summed E-state index contributed by atoms with van der Waals surface area (Å²) in [5, 5.41) is 6.38. The summed E-state index contributed by atoms with van der Waals surface area (Å²) in [6.07, 6.45) is -3.00. The van der Waals surface area contributed by atoms with Crippen LogP contribution in [0.3, 0.4) is 0 Å². The first-order valence-electron chi connectivity index (χ1n) is 11.4. The number of alkyl halides is 3. The standard InChI is InChI=1S/C25H26F3N5O2S/c1-32-9-11-33(12-10-32)8-2-13-35-21-5-4-19(24-29-16-22(31-24)25(26,27)28)15-20(21)30-23(34)6-3-18-7-14-36-17-18/h4-5,7,14-17H,2,8-13H2,1H3,(H,29,31)(H,30,34). The third kappa shape index (κ3) is 7.10. The smallest absolute Gasteiger partial charge is 0.432 e. The quantitative estimate of drug-likeness (QED) is 0.364. The monoisotopic (exact) mass is 517 g/mol. The molecule has 0 radical (unpaired) electrons. The van der Waals surface area contributed by atoms with E-state index >= 15 is 0 Å². The number of aromatic amines is 1. The van der Waals surface area contributed by atoms with Gasteiger partial charge in [-0.3, -0.25) is 4.79 Å². The van der Waals surface area contributed by atoms with Crippen LogP contribution in [0.5, 0.6) is 5.75 Å². The van der Waals surface area contributed by atoms with Crippen LogP contribution in [0.15, 0.2) is 41.2 Å². The molecule has 4 rings (SSSR count). The van der Waals surface area contributed by atoms with E-state index in [0.29, 0.717) is 23.6 Å². The number of rotatable bonds is 7. The predicted octanol–water partition coefficient (Wildman–Crippen LogP) is 4.16. The van der Waals surface area contributed by atoms with E-state index in [1.54, 1.807) is 18.2 Å². The fourth-order valence-electron chi connectivity index (χ4n) is 3.67. The molecule has 0 saturated carbocycles. The zero-order chi connectivity index (χ0) is 25.5. The van der Waals surface area contributed by atoms with Crippen molar-refractivity contribution >= 4 is 22.9 Å². The molecule has 0 spiro atoms. The summed E-state index contributed by atoms with van der Waals surface area (Å²) in [5.41, 5.74) is 0.451. The van der Waals surface area contributed by atoms with Crippen molar-refractivity contribution in [2.75, 3.05) is 51.7 Å². The molecule has 3 heterocycles. The Labute approximate surface area is 211 Å². The van der Waals surface area contributed by atoms with Gasteiger partial charge in [0.15, 0.2) is 0 Å². The van der Waals surface area contributed by atoms with Crippen LogP contribution in [0.2, 0.25) is 0 Å². The number of ether oxygens (including phenoxy) is 1. The average Bonchev–Trinajstić information content (AvgIpc) is 3.55. The summed E-state index contributed by atoms with van der Waals surface area (Å²) in [6.45, 7) is 5.42. The first-order chi connectivity index (χ1) is 17.3. The number of carbonyl (C=O) groups excluding carboxylic acids is 1. The van der Waals surface area contributed by atoms with Crippen molar-refractivity contribution in [3.8, 4) is 29.0 Å². The van der Waals surface area contributed by atoms with Gasteiger partial charge in [-0.1, -0.05) is 5.92 Å². The molecule has 36 heavy (non-hydrogen) atoms. The van der Waals surface area contributed by atoms with Crippen LogP contribution in [0, 0.1) is 11.8 Å². The summed E-state index contributed by atoms with van der Waals surface area (Å²) in [4.78, 5) is 23.3. The molecule has 2 N–H and O–H groups in total. The van der Waals surface area contributed by atoms with Gasteiger partial charge in [-0.05, 0) is 43.1 Å². The number of halogens is 3. The Bertz CT molecular complexity index is 1220. The van der Waals surface area contributed by atoms with Crippen LogP contribution in [-0.2, 0) is 11.0 Å². The molecule has 190 valence electrons. The summed E-state index contributed by atoms with van der Waals surface area (Å²) in [7, 11) is 2.11. The van der Waals surface area contributed by atoms with Crippen LogP contribution in [0.25, 0.3) is 11.4 Å². The van der Waals surface area contributed by atoms with E-state index in [4.69, 9.17) is 4.74 Å². The van der Waals surface area contributed by atoms with Gasteiger partial charge >= 0.3 is 12.1 Å². The lowest BCUT2D eigenvalue weighted by atomic mass is 10.1. The van der Waals surface area contributed by atoms with E-state index < -0.39 is 17.8 Å².